The van der Waals surface area contributed by atoms with Gasteiger partial charge in [-0.1, -0.05) is 11.6 Å². The lowest BCUT2D eigenvalue weighted by Gasteiger charge is -2.05. The minimum absolute atomic E-state index is 0.407. The zero-order valence-corrected chi connectivity index (χ0v) is 7.91. The standard InChI is InChI=1S/C7H2Cl2F3NO/c8-3-1-2(10)4(7(11)12)5(13-3)6(9)14/h1,7H. The second kappa shape index (κ2) is 4.14. The van der Waals surface area contributed by atoms with E-state index in [9.17, 15) is 18.0 Å². The Morgan fingerprint density at radius 3 is 2.50 bits per heavy atom. The Bertz CT molecular complexity index is 383. The van der Waals surface area contributed by atoms with E-state index in [4.69, 9.17) is 23.2 Å². The predicted molar refractivity (Wildman–Crippen MR) is 44.3 cm³/mol. The molecule has 1 aromatic heterocycles. The van der Waals surface area contributed by atoms with Gasteiger partial charge in [0, 0.05) is 6.07 Å². The van der Waals surface area contributed by atoms with Crippen molar-refractivity contribution in [2.75, 3.05) is 0 Å². The highest BCUT2D eigenvalue weighted by Gasteiger charge is 2.24. The summed E-state index contributed by atoms with van der Waals surface area (Å²) in [5.74, 6) is -1.30. The molecule has 0 spiro atoms. The molecule has 0 aromatic carbocycles. The van der Waals surface area contributed by atoms with Crippen LogP contribution in [0.25, 0.3) is 0 Å². The van der Waals surface area contributed by atoms with Crippen molar-refractivity contribution in [1.29, 1.82) is 0 Å². The molecule has 76 valence electrons. The molecule has 0 bridgehead atoms. The summed E-state index contributed by atoms with van der Waals surface area (Å²) in [7, 11) is 0. The zero-order valence-electron chi connectivity index (χ0n) is 6.40. The number of carbonyl (C=O) groups is 1. The highest BCUT2D eigenvalue weighted by molar-refractivity contribution is 6.67. The van der Waals surface area contributed by atoms with Crippen LogP contribution in [0.15, 0.2) is 6.07 Å². The summed E-state index contributed by atoms with van der Waals surface area (Å²) in [5.41, 5.74) is -1.99. The SMILES string of the molecule is O=C(Cl)c1nc(Cl)cc(F)c1C(F)F. The van der Waals surface area contributed by atoms with Gasteiger partial charge in [-0.2, -0.15) is 0 Å². The normalized spacial score (nSPS) is 10.7. The molecule has 0 N–H and O–H groups in total. The average molecular weight is 244 g/mol. The predicted octanol–water partition coefficient (Wildman–Crippen LogP) is 3.19. The monoisotopic (exact) mass is 243 g/mol. The van der Waals surface area contributed by atoms with Crippen LogP contribution in [0, 0.1) is 5.82 Å². The summed E-state index contributed by atoms with van der Waals surface area (Å²) < 4.78 is 37.4. The van der Waals surface area contributed by atoms with Gasteiger partial charge in [0.1, 0.15) is 16.7 Å². The van der Waals surface area contributed by atoms with Crippen molar-refractivity contribution < 1.29 is 18.0 Å². The highest BCUT2D eigenvalue weighted by atomic mass is 35.5. The topological polar surface area (TPSA) is 30.0 Å². The number of carbonyl (C=O) groups excluding carboxylic acids is 1. The maximum absolute atomic E-state index is 12.9. The first-order valence-corrected chi connectivity index (χ1v) is 4.03. The van der Waals surface area contributed by atoms with Gasteiger partial charge in [-0.15, -0.1) is 0 Å². The summed E-state index contributed by atoms with van der Waals surface area (Å²) in [6, 6.07) is 0.590. The van der Waals surface area contributed by atoms with Crippen LogP contribution in [0.3, 0.4) is 0 Å². The second-order valence-electron chi connectivity index (χ2n) is 2.26. The molecule has 1 rings (SSSR count). The first kappa shape index (κ1) is 11.3. The fraction of sp³-hybridized carbons (Fsp3) is 0.143. The van der Waals surface area contributed by atoms with Crippen molar-refractivity contribution in [2.45, 2.75) is 6.43 Å². The quantitative estimate of drug-likeness (QED) is 0.590. The first-order valence-electron chi connectivity index (χ1n) is 3.27. The fourth-order valence-corrected chi connectivity index (χ4v) is 1.18. The maximum atomic E-state index is 12.9. The summed E-state index contributed by atoms with van der Waals surface area (Å²) in [6.07, 6.45) is -3.17. The van der Waals surface area contributed by atoms with Gasteiger partial charge in [0.2, 0.25) is 0 Å². The molecule has 7 heteroatoms. The molecule has 0 radical (unpaired) electrons. The summed E-state index contributed by atoms with van der Waals surface area (Å²) in [5, 5.41) is -1.68. The van der Waals surface area contributed by atoms with E-state index in [2.05, 4.69) is 4.98 Å². The van der Waals surface area contributed by atoms with Gasteiger partial charge in [-0.25, -0.2) is 18.2 Å². The van der Waals surface area contributed by atoms with Gasteiger partial charge in [-0.3, -0.25) is 4.79 Å². The van der Waals surface area contributed by atoms with Crippen molar-refractivity contribution in [3.63, 3.8) is 0 Å². The zero-order chi connectivity index (χ0) is 10.9. The summed E-state index contributed by atoms with van der Waals surface area (Å²) in [4.78, 5) is 13.8. The van der Waals surface area contributed by atoms with Crippen LogP contribution in [0.4, 0.5) is 13.2 Å². The Balaban J connectivity index is 3.44. The van der Waals surface area contributed by atoms with E-state index in [1.54, 1.807) is 0 Å². The molecule has 0 aliphatic rings. The van der Waals surface area contributed by atoms with Gasteiger partial charge in [0.05, 0.1) is 5.56 Å². The Kier molecular flexibility index (Phi) is 3.34. The number of rotatable bonds is 2. The van der Waals surface area contributed by atoms with E-state index in [0.29, 0.717) is 6.07 Å². The lowest BCUT2D eigenvalue weighted by Crippen LogP contribution is -2.05. The third kappa shape index (κ3) is 2.16. The number of pyridine rings is 1. The Labute approximate surface area is 86.6 Å². The maximum Gasteiger partial charge on any atom is 0.271 e. The fourth-order valence-electron chi connectivity index (χ4n) is 0.852. The third-order valence-electron chi connectivity index (χ3n) is 1.38. The van der Waals surface area contributed by atoms with Gasteiger partial charge >= 0.3 is 0 Å². The van der Waals surface area contributed by atoms with Crippen LogP contribution < -0.4 is 0 Å². The molecule has 0 saturated heterocycles. The van der Waals surface area contributed by atoms with Crippen molar-refractivity contribution in [1.82, 2.24) is 4.98 Å². The Hall–Kier alpha value is -0.810. The van der Waals surface area contributed by atoms with Gasteiger partial charge < -0.3 is 0 Å². The molecule has 1 heterocycles. The molecule has 0 saturated carbocycles. The third-order valence-corrected chi connectivity index (χ3v) is 1.75. The number of aromatic nitrogens is 1. The molecular weight excluding hydrogens is 242 g/mol. The van der Waals surface area contributed by atoms with Crippen molar-refractivity contribution in [3.05, 3.63) is 28.3 Å². The Morgan fingerprint density at radius 1 is 1.50 bits per heavy atom. The van der Waals surface area contributed by atoms with Gasteiger partial charge in [0.25, 0.3) is 11.7 Å². The molecule has 1 aromatic rings. The minimum Gasteiger partial charge on any atom is -0.274 e. The van der Waals surface area contributed by atoms with Crippen LogP contribution in [-0.2, 0) is 0 Å². The van der Waals surface area contributed by atoms with Crippen LogP contribution in [-0.4, -0.2) is 10.2 Å². The Morgan fingerprint density at radius 2 is 2.07 bits per heavy atom. The average Bonchev–Trinajstić information content (AvgIpc) is 2.01. The van der Waals surface area contributed by atoms with Crippen LogP contribution in [0.1, 0.15) is 22.5 Å². The molecule has 0 atom stereocenters. The molecular formula is C7H2Cl2F3NO. The molecule has 0 fully saturated rings. The molecule has 0 aliphatic carbocycles. The molecule has 0 aliphatic heterocycles. The number of halogens is 5. The smallest absolute Gasteiger partial charge is 0.271 e. The van der Waals surface area contributed by atoms with Crippen LogP contribution >= 0.6 is 23.2 Å². The minimum atomic E-state index is -3.17. The van der Waals surface area contributed by atoms with E-state index >= 15 is 0 Å². The number of hydrogen-bond acceptors (Lipinski definition) is 2. The van der Waals surface area contributed by atoms with Gasteiger partial charge in [0.15, 0.2) is 0 Å². The van der Waals surface area contributed by atoms with Crippen molar-refractivity contribution >= 4 is 28.4 Å². The number of hydrogen-bond donors (Lipinski definition) is 0. The van der Waals surface area contributed by atoms with E-state index in [-0.39, 0.29) is 0 Å². The van der Waals surface area contributed by atoms with Crippen molar-refractivity contribution in [3.8, 4) is 0 Å². The van der Waals surface area contributed by atoms with Crippen LogP contribution in [0.5, 0.6) is 0 Å². The van der Waals surface area contributed by atoms with E-state index in [0.717, 1.165) is 0 Å². The summed E-state index contributed by atoms with van der Waals surface area (Å²) >= 11 is 10.2. The molecule has 2 nitrogen and oxygen atoms in total. The van der Waals surface area contributed by atoms with E-state index in [1.807, 2.05) is 0 Å². The number of alkyl halides is 2. The van der Waals surface area contributed by atoms with Crippen LogP contribution in [0.2, 0.25) is 5.15 Å². The lowest BCUT2D eigenvalue weighted by atomic mass is 10.2. The van der Waals surface area contributed by atoms with Gasteiger partial charge in [-0.05, 0) is 11.6 Å². The molecule has 0 amide bonds. The molecule has 0 unspecified atom stereocenters. The lowest BCUT2D eigenvalue weighted by molar-refractivity contribution is 0.105. The number of nitrogens with zero attached hydrogens (tertiary/aromatic N) is 1. The van der Waals surface area contributed by atoms with E-state index in [1.165, 1.54) is 0 Å². The summed E-state index contributed by atoms with van der Waals surface area (Å²) in [6.45, 7) is 0. The largest absolute Gasteiger partial charge is 0.274 e. The van der Waals surface area contributed by atoms with E-state index < -0.39 is 33.9 Å². The highest BCUT2D eigenvalue weighted by Crippen LogP contribution is 2.27. The first-order chi connectivity index (χ1) is 6.43. The molecule has 14 heavy (non-hydrogen) atoms. The second-order valence-corrected chi connectivity index (χ2v) is 2.99. The van der Waals surface area contributed by atoms with Crippen molar-refractivity contribution in [2.24, 2.45) is 0 Å².